The molecule has 0 spiro atoms. The Hall–Kier alpha value is -1.46. The molecule has 3 N–H and O–H groups in total. The van der Waals surface area contributed by atoms with Crippen LogP contribution in [0.2, 0.25) is 0 Å². The average molecular weight is 299 g/mol. The minimum Gasteiger partial charge on any atom is -0.444 e. The highest BCUT2D eigenvalue weighted by molar-refractivity contribution is 5.75. The zero-order valence-electron chi connectivity index (χ0n) is 13.8. The summed E-state index contributed by atoms with van der Waals surface area (Å²) in [6.45, 7) is 9.99. The van der Waals surface area contributed by atoms with Crippen LogP contribution in [0.25, 0.3) is 0 Å². The number of urea groups is 1. The Balaban J connectivity index is 2.37. The highest BCUT2D eigenvalue weighted by atomic mass is 16.6. The first kappa shape index (κ1) is 17.6. The fourth-order valence-corrected chi connectivity index (χ4v) is 1.92. The van der Waals surface area contributed by atoms with Gasteiger partial charge in [-0.3, -0.25) is 0 Å². The molecule has 0 saturated heterocycles. The van der Waals surface area contributed by atoms with Crippen LogP contribution >= 0.6 is 0 Å². The Labute approximate surface area is 127 Å². The molecule has 21 heavy (non-hydrogen) atoms. The zero-order chi connectivity index (χ0) is 16.0. The standard InChI is InChI=1S/C15H29N3O3/c1-10(2)8-12(18-13(19)17-11-6-7-11)9-16-14(20)21-15(3,4)5/h10-12H,6-9H2,1-5H3,(H,16,20)(H2,17,18,19)/t12-/m1/s1. The molecule has 0 bridgehead atoms. The zero-order valence-corrected chi connectivity index (χ0v) is 13.8. The second-order valence-electron chi connectivity index (χ2n) is 7.10. The molecule has 3 amide bonds. The summed E-state index contributed by atoms with van der Waals surface area (Å²) in [4.78, 5) is 23.5. The van der Waals surface area contributed by atoms with Gasteiger partial charge in [0.05, 0.1) is 0 Å². The maximum absolute atomic E-state index is 11.8. The Morgan fingerprint density at radius 1 is 1.24 bits per heavy atom. The number of ether oxygens (including phenoxy) is 1. The monoisotopic (exact) mass is 299 g/mol. The van der Waals surface area contributed by atoms with Crippen LogP contribution in [0.5, 0.6) is 0 Å². The van der Waals surface area contributed by atoms with E-state index < -0.39 is 11.7 Å². The number of nitrogens with one attached hydrogen (secondary N) is 3. The van der Waals surface area contributed by atoms with Crippen LogP contribution in [0, 0.1) is 5.92 Å². The number of carbonyl (C=O) groups is 2. The molecule has 0 heterocycles. The fourth-order valence-electron chi connectivity index (χ4n) is 1.92. The number of rotatable bonds is 6. The van der Waals surface area contributed by atoms with Crippen LogP contribution in [-0.4, -0.2) is 36.4 Å². The average Bonchev–Trinajstić information content (AvgIpc) is 3.06. The number of hydrogen-bond donors (Lipinski definition) is 3. The second-order valence-corrected chi connectivity index (χ2v) is 7.10. The summed E-state index contributed by atoms with van der Waals surface area (Å²) in [5.41, 5.74) is -0.519. The quantitative estimate of drug-likeness (QED) is 0.704. The number of alkyl carbamates (subject to hydrolysis) is 1. The molecule has 0 aromatic carbocycles. The van der Waals surface area contributed by atoms with Gasteiger partial charge >= 0.3 is 12.1 Å². The van der Waals surface area contributed by atoms with E-state index in [1.54, 1.807) is 0 Å². The van der Waals surface area contributed by atoms with Crippen LogP contribution in [-0.2, 0) is 4.74 Å². The number of hydrogen-bond acceptors (Lipinski definition) is 3. The molecule has 0 radical (unpaired) electrons. The van der Waals surface area contributed by atoms with Crippen molar-refractivity contribution in [3.63, 3.8) is 0 Å². The van der Waals surface area contributed by atoms with Crippen molar-refractivity contribution in [3.8, 4) is 0 Å². The number of amides is 3. The van der Waals surface area contributed by atoms with Crippen molar-refractivity contribution >= 4 is 12.1 Å². The smallest absolute Gasteiger partial charge is 0.407 e. The molecular formula is C15H29N3O3. The maximum Gasteiger partial charge on any atom is 0.407 e. The topological polar surface area (TPSA) is 79.5 Å². The van der Waals surface area contributed by atoms with E-state index in [1.807, 2.05) is 20.8 Å². The van der Waals surface area contributed by atoms with Crippen LogP contribution in [0.15, 0.2) is 0 Å². The molecule has 0 aliphatic heterocycles. The molecule has 1 saturated carbocycles. The lowest BCUT2D eigenvalue weighted by molar-refractivity contribution is 0.0521. The fraction of sp³-hybridized carbons (Fsp3) is 0.867. The first-order valence-corrected chi connectivity index (χ1v) is 7.69. The molecule has 122 valence electrons. The summed E-state index contributed by atoms with van der Waals surface area (Å²) in [6, 6.07) is 0.0638. The van der Waals surface area contributed by atoms with E-state index in [1.165, 1.54) is 0 Å². The SMILES string of the molecule is CC(C)C[C@H](CNC(=O)OC(C)(C)C)NC(=O)NC1CC1. The second kappa shape index (κ2) is 7.52. The van der Waals surface area contributed by atoms with E-state index in [9.17, 15) is 9.59 Å². The van der Waals surface area contributed by atoms with Crippen molar-refractivity contribution < 1.29 is 14.3 Å². The van der Waals surface area contributed by atoms with Crippen LogP contribution in [0.4, 0.5) is 9.59 Å². The third kappa shape index (κ3) is 9.15. The van der Waals surface area contributed by atoms with E-state index in [4.69, 9.17) is 4.74 Å². The van der Waals surface area contributed by atoms with Crippen molar-refractivity contribution in [2.24, 2.45) is 5.92 Å². The van der Waals surface area contributed by atoms with Gasteiger partial charge in [-0.2, -0.15) is 0 Å². The summed E-state index contributed by atoms with van der Waals surface area (Å²) < 4.78 is 5.19. The minimum atomic E-state index is -0.519. The van der Waals surface area contributed by atoms with Crippen molar-refractivity contribution in [1.82, 2.24) is 16.0 Å². The summed E-state index contributed by atoms with van der Waals surface area (Å²) in [7, 11) is 0. The maximum atomic E-state index is 11.8. The first-order valence-electron chi connectivity index (χ1n) is 7.69. The highest BCUT2D eigenvalue weighted by Gasteiger charge is 2.25. The summed E-state index contributed by atoms with van der Waals surface area (Å²) in [5, 5.41) is 8.52. The van der Waals surface area contributed by atoms with E-state index >= 15 is 0 Å². The first-order chi connectivity index (χ1) is 9.65. The van der Waals surface area contributed by atoms with Gasteiger partial charge in [0.2, 0.25) is 0 Å². The Morgan fingerprint density at radius 3 is 2.33 bits per heavy atom. The third-order valence-corrected chi connectivity index (χ3v) is 2.90. The van der Waals surface area contributed by atoms with E-state index in [-0.39, 0.29) is 12.1 Å². The molecule has 1 fully saturated rings. The van der Waals surface area contributed by atoms with Gasteiger partial charge in [0.25, 0.3) is 0 Å². The molecule has 1 rings (SSSR count). The molecular weight excluding hydrogens is 270 g/mol. The molecule has 6 nitrogen and oxygen atoms in total. The van der Waals surface area contributed by atoms with Crippen LogP contribution in [0.1, 0.15) is 53.9 Å². The van der Waals surface area contributed by atoms with E-state index in [0.717, 1.165) is 19.3 Å². The third-order valence-electron chi connectivity index (χ3n) is 2.90. The predicted octanol–water partition coefficient (Wildman–Crippen LogP) is 2.39. The molecule has 0 aromatic heterocycles. The Morgan fingerprint density at radius 2 is 1.86 bits per heavy atom. The lowest BCUT2D eigenvalue weighted by atomic mass is 10.0. The lowest BCUT2D eigenvalue weighted by Gasteiger charge is -2.23. The Bertz CT molecular complexity index is 360. The van der Waals surface area contributed by atoms with Gasteiger partial charge in [0.1, 0.15) is 5.60 Å². The largest absolute Gasteiger partial charge is 0.444 e. The van der Waals surface area contributed by atoms with Gasteiger partial charge in [-0.15, -0.1) is 0 Å². The molecule has 6 heteroatoms. The molecule has 1 atom stereocenters. The normalized spacial score (nSPS) is 16.3. The van der Waals surface area contributed by atoms with Gasteiger partial charge in [-0.1, -0.05) is 13.8 Å². The Kier molecular flexibility index (Phi) is 6.30. The van der Waals surface area contributed by atoms with Crippen molar-refractivity contribution in [3.05, 3.63) is 0 Å². The minimum absolute atomic E-state index is 0.101. The van der Waals surface area contributed by atoms with Gasteiger partial charge in [0, 0.05) is 18.6 Å². The van der Waals surface area contributed by atoms with Crippen LogP contribution < -0.4 is 16.0 Å². The van der Waals surface area contributed by atoms with E-state index in [2.05, 4.69) is 29.8 Å². The van der Waals surface area contributed by atoms with Gasteiger partial charge in [-0.25, -0.2) is 9.59 Å². The van der Waals surface area contributed by atoms with E-state index in [0.29, 0.717) is 18.5 Å². The predicted molar refractivity (Wildman–Crippen MR) is 82.2 cm³/mol. The highest BCUT2D eigenvalue weighted by Crippen LogP contribution is 2.18. The summed E-state index contributed by atoms with van der Waals surface area (Å²) in [5.74, 6) is 0.427. The lowest BCUT2D eigenvalue weighted by Crippen LogP contribution is -2.49. The number of carbonyl (C=O) groups excluding carboxylic acids is 2. The van der Waals surface area contributed by atoms with Gasteiger partial charge < -0.3 is 20.7 Å². The molecule has 1 aliphatic carbocycles. The van der Waals surface area contributed by atoms with Crippen molar-refractivity contribution in [2.45, 2.75) is 71.6 Å². The summed E-state index contributed by atoms with van der Waals surface area (Å²) >= 11 is 0. The van der Waals surface area contributed by atoms with Gasteiger partial charge in [0.15, 0.2) is 0 Å². The molecule has 0 aromatic rings. The van der Waals surface area contributed by atoms with Crippen molar-refractivity contribution in [2.75, 3.05) is 6.54 Å². The van der Waals surface area contributed by atoms with Crippen molar-refractivity contribution in [1.29, 1.82) is 0 Å². The summed E-state index contributed by atoms with van der Waals surface area (Å²) in [6.07, 6.45) is 2.45. The van der Waals surface area contributed by atoms with Crippen LogP contribution in [0.3, 0.4) is 0 Å². The molecule has 0 unspecified atom stereocenters. The van der Waals surface area contributed by atoms with Gasteiger partial charge in [-0.05, 0) is 46.0 Å². The molecule has 1 aliphatic rings.